The third kappa shape index (κ3) is 1.90. The highest BCUT2D eigenvalue weighted by atomic mass is 32.2. The largest absolute Gasteiger partial charge is 0.481 e. The first-order valence-corrected chi connectivity index (χ1v) is 6.25. The lowest BCUT2D eigenvalue weighted by atomic mass is 10.1. The standard InChI is InChI=1S/C8H14O5S/c1-2-14(12,13)4-6-3-8(6,5-9)7(10)11/h6,9H,2-5H2,1H3,(H,10,11)/t6-,8-/m0/s1. The molecule has 1 saturated carbocycles. The second kappa shape index (κ2) is 3.51. The Morgan fingerprint density at radius 2 is 2.14 bits per heavy atom. The maximum absolute atomic E-state index is 11.2. The van der Waals surface area contributed by atoms with E-state index < -0.39 is 33.7 Å². The lowest BCUT2D eigenvalue weighted by molar-refractivity contribution is -0.145. The van der Waals surface area contributed by atoms with Crippen LogP contribution in [-0.2, 0) is 14.6 Å². The average Bonchev–Trinajstić information content (AvgIpc) is 2.79. The zero-order valence-corrected chi connectivity index (χ0v) is 8.75. The lowest BCUT2D eigenvalue weighted by Gasteiger charge is -2.07. The molecule has 5 nitrogen and oxygen atoms in total. The van der Waals surface area contributed by atoms with E-state index in [0.29, 0.717) is 0 Å². The molecular weight excluding hydrogens is 208 g/mol. The molecule has 0 amide bonds. The van der Waals surface area contributed by atoms with E-state index in [-0.39, 0.29) is 17.9 Å². The zero-order valence-electron chi connectivity index (χ0n) is 7.93. The van der Waals surface area contributed by atoms with Crippen LogP contribution in [0.25, 0.3) is 0 Å². The summed E-state index contributed by atoms with van der Waals surface area (Å²) in [6.45, 7) is 1.05. The molecule has 0 heterocycles. The maximum atomic E-state index is 11.2. The summed E-state index contributed by atoms with van der Waals surface area (Å²) in [5.74, 6) is -1.63. The quantitative estimate of drug-likeness (QED) is 0.654. The normalized spacial score (nSPS) is 31.4. The van der Waals surface area contributed by atoms with Crippen LogP contribution in [0.15, 0.2) is 0 Å². The summed E-state index contributed by atoms with van der Waals surface area (Å²) < 4.78 is 22.4. The molecule has 1 rings (SSSR count). The molecule has 0 unspecified atom stereocenters. The van der Waals surface area contributed by atoms with E-state index in [4.69, 9.17) is 10.2 Å². The number of hydrogen-bond donors (Lipinski definition) is 2. The van der Waals surface area contributed by atoms with Crippen LogP contribution in [0.5, 0.6) is 0 Å². The summed E-state index contributed by atoms with van der Waals surface area (Å²) in [5, 5.41) is 17.7. The van der Waals surface area contributed by atoms with Crippen LogP contribution >= 0.6 is 0 Å². The fraction of sp³-hybridized carbons (Fsp3) is 0.875. The number of carbonyl (C=O) groups is 1. The molecule has 0 aromatic rings. The van der Waals surface area contributed by atoms with Gasteiger partial charge in [0.25, 0.3) is 0 Å². The minimum absolute atomic E-state index is 0.0185. The van der Waals surface area contributed by atoms with Crippen molar-refractivity contribution in [1.82, 2.24) is 0 Å². The van der Waals surface area contributed by atoms with E-state index in [1.807, 2.05) is 0 Å². The zero-order chi connectivity index (χ0) is 11.0. The van der Waals surface area contributed by atoms with Gasteiger partial charge in [0, 0.05) is 5.75 Å². The van der Waals surface area contributed by atoms with Crippen molar-refractivity contribution in [3.05, 3.63) is 0 Å². The SMILES string of the molecule is CCS(=O)(=O)C[C@@H]1C[C@@]1(CO)C(=O)O. The smallest absolute Gasteiger partial charge is 0.312 e. The molecule has 2 N–H and O–H groups in total. The Kier molecular flexibility index (Phi) is 2.87. The van der Waals surface area contributed by atoms with Gasteiger partial charge in [-0.3, -0.25) is 4.79 Å². The van der Waals surface area contributed by atoms with Crippen molar-refractivity contribution in [1.29, 1.82) is 0 Å². The molecule has 0 aromatic carbocycles. The number of carboxylic acid groups (broad SMARTS) is 1. The van der Waals surface area contributed by atoms with Crippen molar-refractivity contribution < 1.29 is 23.4 Å². The van der Waals surface area contributed by atoms with Gasteiger partial charge in [-0.1, -0.05) is 6.92 Å². The number of rotatable bonds is 5. The van der Waals surface area contributed by atoms with Crippen molar-refractivity contribution in [2.45, 2.75) is 13.3 Å². The summed E-state index contributed by atoms with van der Waals surface area (Å²) >= 11 is 0. The molecule has 1 fully saturated rings. The minimum Gasteiger partial charge on any atom is -0.481 e. The molecule has 0 saturated heterocycles. The van der Waals surface area contributed by atoms with Gasteiger partial charge < -0.3 is 10.2 Å². The molecule has 1 aliphatic rings. The highest BCUT2D eigenvalue weighted by Gasteiger charge is 2.61. The number of carboxylic acids is 1. The Morgan fingerprint density at radius 3 is 2.43 bits per heavy atom. The highest BCUT2D eigenvalue weighted by molar-refractivity contribution is 7.91. The second-order valence-electron chi connectivity index (χ2n) is 3.72. The molecule has 1 aliphatic carbocycles. The molecule has 0 spiro atoms. The number of sulfone groups is 1. The van der Waals surface area contributed by atoms with E-state index in [1.54, 1.807) is 0 Å². The summed E-state index contributed by atoms with van der Waals surface area (Å²) in [4.78, 5) is 10.7. The monoisotopic (exact) mass is 222 g/mol. The summed E-state index contributed by atoms with van der Waals surface area (Å²) in [6.07, 6.45) is 0.262. The second-order valence-corrected chi connectivity index (χ2v) is 6.12. The topological polar surface area (TPSA) is 91.7 Å². The van der Waals surface area contributed by atoms with E-state index >= 15 is 0 Å². The molecule has 0 aliphatic heterocycles. The first kappa shape index (κ1) is 11.5. The van der Waals surface area contributed by atoms with E-state index in [0.717, 1.165) is 0 Å². The van der Waals surface area contributed by atoms with Crippen LogP contribution in [0, 0.1) is 11.3 Å². The van der Waals surface area contributed by atoms with Crippen molar-refractivity contribution in [3.8, 4) is 0 Å². The molecule has 0 radical (unpaired) electrons. The van der Waals surface area contributed by atoms with Crippen LogP contribution < -0.4 is 0 Å². The molecule has 0 bridgehead atoms. The molecule has 0 aromatic heterocycles. The third-order valence-corrected chi connectivity index (χ3v) is 4.62. The van der Waals surface area contributed by atoms with Crippen molar-refractivity contribution in [3.63, 3.8) is 0 Å². The predicted octanol–water partition coefficient (Wildman–Crippen LogP) is -0.496. The van der Waals surface area contributed by atoms with Gasteiger partial charge in [-0.25, -0.2) is 8.42 Å². The highest BCUT2D eigenvalue weighted by Crippen LogP contribution is 2.53. The van der Waals surface area contributed by atoms with Crippen molar-refractivity contribution in [2.75, 3.05) is 18.1 Å². The minimum atomic E-state index is -3.15. The van der Waals surface area contributed by atoms with Crippen molar-refractivity contribution in [2.24, 2.45) is 11.3 Å². The molecule has 82 valence electrons. The number of hydrogen-bond acceptors (Lipinski definition) is 4. The Hall–Kier alpha value is -0.620. The molecule has 6 heteroatoms. The van der Waals surface area contributed by atoms with Gasteiger partial charge in [0.1, 0.15) is 9.84 Å². The third-order valence-electron chi connectivity index (χ3n) is 2.84. The maximum Gasteiger partial charge on any atom is 0.312 e. The van der Waals surface area contributed by atoms with Crippen LogP contribution in [0.1, 0.15) is 13.3 Å². The molecular formula is C8H14O5S. The van der Waals surface area contributed by atoms with Crippen LogP contribution in [0.2, 0.25) is 0 Å². The van der Waals surface area contributed by atoms with Crippen molar-refractivity contribution >= 4 is 15.8 Å². The summed E-state index contributed by atoms with van der Waals surface area (Å²) in [7, 11) is -3.15. The van der Waals surface area contributed by atoms with Gasteiger partial charge >= 0.3 is 5.97 Å². The van der Waals surface area contributed by atoms with Gasteiger partial charge in [-0.15, -0.1) is 0 Å². The molecule has 2 atom stereocenters. The van der Waals surface area contributed by atoms with E-state index in [2.05, 4.69) is 0 Å². The summed E-state index contributed by atoms with van der Waals surface area (Å²) in [5.41, 5.74) is -1.19. The van der Waals surface area contributed by atoms with E-state index in [1.165, 1.54) is 6.92 Å². The first-order chi connectivity index (χ1) is 6.38. The fourth-order valence-corrected chi connectivity index (χ4v) is 2.83. The lowest BCUT2D eigenvalue weighted by Crippen LogP contribution is -2.25. The Labute approximate surface area is 82.7 Å². The Morgan fingerprint density at radius 1 is 1.57 bits per heavy atom. The number of aliphatic carboxylic acids is 1. The van der Waals surface area contributed by atoms with Gasteiger partial charge in [-0.05, 0) is 12.3 Å². The average molecular weight is 222 g/mol. The van der Waals surface area contributed by atoms with Gasteiger partial charge in [0.05, 0.1) is 17.8 Å². The van der Waals surface area contributed by atoms with Crippen LogP contribution in [-0.4, -0.2) is 42.7 Å². The van der Waals surface area contributed by atoms with E-state index in [9.17, 15) is 13.2 Å². The van der Waals surface area contributed by atoms with Gasteiger partial charge in [0.15, 0.2) is 0 Å². The number of aliphatic hydroxyl groups is 1. The number of aliphatic hydroxyl groups excluding tert-OH is 1. The van der Waals surface area contributed by atoms with Crippen LogP contribution in [0.4, 0.5) is 0 Å². The summed E-state index contributed by atoms with van der Waals surface area (Å²) in [6, 6.07) is 0. The first-order valence-electron chi connectivity index (χ1n) is 4.42. The van der Waals surface area contributed by atoms with Crippen LogP contribution in [0.3, 0.4) is 0 Å². The fourth-order valence-electron chi connectivity index (χ4n) is 1.55. The van der Waals surface area contributed by atoms with Gasteiger partial charge in [-0.2, -0.15) is 0 Å². The predicted molar refractivity (Wildman–Crippen MR) is 49.6 cm³/mol. The Balaban J connectivity index is 2.66. The molecule has 14 heavy (non-hydrogen) atoms. The Bertz CT molecular complexity index is 334. The van der Waals surface area contributed by atoms with Gasteiger partial charge in [0.2, 0.25) is 0 Å².